The second-order valence-corrected chi connectivity index (χ2v) is 6.71. The average molecular weight is 326 g/mol. The van der Waals surface area contributed by atoms with Gasteiger partial charge in [0.15, 0.2) is 0 Å². The van der Waals surface area contributed by atoms with Gasteiger partial charge >= 0.3 is 0 Å². The molecule has 1 aliphatic heterocycles. The van der Waals surface area contributed by atoms with Crippen LogP contribution in [0.3, 0.4) is 0 Å². The Morgan fingerprint density at radius 2 is 1.74 bits per heavy atom. The number of hydrogen-bond donors (Lipinski definition) is 1. The minimum Gasteiger partial charge on any atom is -0.329 e. The van der Waals surface area contributed by atoms with Crippen LogP contribution in [0, 0.1) is 0 Å². The molecule has 0 bridgehead atoms. The third-order valence-corrected chi connectivity index (χ3v) is 4.73. The van der Waals surface area contributed by atoms with Crippen molar-refractivity contribution in [1.29, 1.82) is 0 Å². The van der Waals surface area contributed by atoms with Crippen molar-refractivity contribution in [1.82, 2.24) is 9.80 Å². The molecule has 1 unspecified atom stereocenters. The minimum atomic E-state index is 0.0646. The lowest BCUT2D eigenvalue weighted by Gasteiger charge is -2.45. The highest BCUT2D eigenvalue weighted by atomic mass is 79.9. The summed E-state index contributed by atoms with van der Waals surface area (Å²) in [7, 11) is 2.19. The fourth-order valence-electron chi connectivity index (χ4n) is 2.70. The van der Waals surface area contributed by atoms with Crippen LogP contribution in [-0.2, 0) is 6.42 Å². The molecule has 0 aliphatic carbocycles. The zero-order valence-corrected chi connectivity index (χ0v) is 13.5. The lowest BCUT2D eigenvalue weighted by molar-refractivity contribution is 0.0560. The summed E-state index contributed by atoms with van der Waals surface area (Å²) in [6.07, 6.45) is 1.01. The Labute approximate surface area is 124 Å². The molecule has 0 aromatic heterocycles. The molecule has 1 heterocycles. The number of hydrogen-bond acceptors (Lipinski definition) is 3. The van der Waals surface area contributed by atoms with Gasteiger partial charge in [0.25, 0.3) is 0 Å². The molecule has 1 saturated heterocycles. The van der Waals surface area contributed by atoms with Gasteiger partial charge in [-0.15, -0.1) is 0 Å². The Morgan fingerprint density at radius 1 is 1.16 bits per heavy atom. The van der Waals surface area contributed by atoms with Crippen molar-refractivity contribution in [3.05, 3.63) is 34.3 Å². The summed E-state index contributed by atoms with van der Waals surface area (Å²) in [6.45, 7) is 7.49. The van der Waals surface area contributed by atoms with Crippen molar-refractivity contribution >= 4 is 15.9 Å². The molecule has 3 nitrogen and oxygen atoms in total. The second kappa shape index (κ2) is 6.35. The number of piperazine rings is 1. The summed E-state index contributed by atoms with van der Waals surface area (Å²) in [4.78, 5) is 4.93. The molecule has 1 aromatic carbocycles. The number of nitrogens with zero attached hydrogens (tertiary/aromatic N) is 2. The highest BCUT2D eigenvalue weighted by Crippen LogP contribution is 2.22. The van der Waals surface area contributed by atoms with E-state index in [1.807, 2.05) is 0 Å². The SMILES string of the molecule is CN1CCN(C(C)(CN)Cc2ccc(Br)cc2)CC1. The molecule has 1 aliphatic rings. The predicted molar refractivity (Wildman–Crippen MR) is 84.4 cm³/mol. The molecule has 1 atom stereocenters. The van der Waals surface area contributed by atoms with E-state index in [4.69, 9.17) is 5.73 Å². The van der Waals surface area contributed by atoms with Gasteiger partial charge in [0.05, 0.1) is 0 Å². The Morgan fingerprint density at radius 3 is 2.26 bits per heavy atom. The molecule has 0 saturated carbocycles. The topological polar surface area (TPSA) is 32.5 Å². The van der Waals surface area contributed by atoms with Crippen molar-refractivity contribution in [2.24, 2.45) is 5.73 Å². The van der Waals surface area contributed by atoms with Gasteiger partial charge in [-0.05, 0) is 38.1 Å². The zero-order valence-electron chi connectivity index (χ0n) is 11.9. The van der Waals surface area contributed by atoms with Gasteiger partial charge in [-0.3, -0.25) is 4.90 Å². The van der Waals surface area contributed by atoms with Crippen molar-refractivity contribution < 1.29 is 0 Å². The van der Waals surface area contributed by atoms with Gasteiger partial charge in [-0.1, -0.05) is 28.1 Å². The number of likely N-dealkylation sites (N-methyl/N-ethyl adjacent to an activating group) is 1. The molecule has 0 amide bonds. The Balaban J connectivity index is 2.06. The van der Waals surface area contributed by atoms with E-state index >= 15 is 0 Å². The summed E-state index contributed by atoms with van der Waals surface area (Å²) >= 11 is 3.48. The largest absolute Gasteiger partial charge is 0.329 e. The third kappa shape index (κ3) is 3.78. The van der Waals surface area contributed by atoms with E-state index in [0.29, 0.717) is 6.54 Å². The maximum absolute atomic E-state index is 6.09. The van der Waals surface area contributed by atoms with Crippen molar-refractivity contribution in [2.75, 3.05) is 39.8 Å². The van der Waals surface area contributed by atoms with Crippen LogP contribution in [-0.4, -0.2) is 55.1 Å². The van der Waals surface area contributed by atoms with Crippen LogP contribution in [0.15, 0.2) is 28.7 Å². The fraction of sp³-hybridized carbons (Fsp3) is 0.600. The normalized spacial score (nSPS) is 21.3. The van der Waals surface area contributed by atoms with Crippen LogP contribution >= 0.6 is 15.9 Å². The highest BCUT2D eigenvalue weighted by molar-refractivity contribution is 9.10. The molecule has 2 rings (SSSR count). The van der Waals surface area contributed by atoms with Crippen molar-refractivity contribution in [3.8, 4) is 0 Å². The summed E-state index contributed by atoms with van der Waals surface area (Å²) < 4.78 is 1.13. The maximum Gasteiger partial charge on any atom is 0.0344 e. The third-order valence-electron chi connectivity index (χ3n) is 4.20. The Bertz CT molecular complexity index is 398. The molecular formula is C15H24BrN3. The summed E-state index contributed by atoms with van der Waals surface area (Å²) in [5.74, 6) is 0. The first-order valence-corrected chi connectivity index (χ1v) is 7.71. The lowest BCUT2D eigenvalue weighted by Crippen LogP contribution is -2.59. The predicted octanol–water partition coefficient (Wildman–Crippen LogP) is 1.96. The zero-order chi connectivity index (χ0) is 13.9. The monoisotopic (exact) mass is 325 g/mol. The minimum absolute atomic E-state index is 0.0646. The van der Waals surface area contributed by atoms with E-state index in [9.17, 15) is 0 Å². The number of rotatable bonds is 4. The Kier molecular flexibility index (Phi) is 5.01. The van der Waals surface area contributed by atoms with Gasteiger partial charge in [-0.25, -0.2) is 0 Å². The van der Waals surface area contributed by atoms with Crippen LogP contribution in [0.1, 0.15) is 12.5 Å². The standard InChI is InChI=1S/C15H24BrN3/c1-15(12-17,19-9-7-18(2)8-10-19)11-13-3-5-14(16)6-4-13/h3-6H,7-12,17H2,1-2H3. The van der Waals surface area contributed by atoms with Crippen LogP contribution in [0.4, 0.5) is 0 Å². The molecule has 0 spiro atoms. The van der Waals surface area contributed by atoms with E-state index in [2.05, 4.69) is 64.0 Å². The van der Waals surface area contributed by atoms with E-state index in [1.165, 1.54) is 5.56 Å². The molecule has 1 aromatic rings. The van der Waals surface area contributed by atoms with Gasteiger partial charge < -0.3 is 10.6 Å². The molecule has 19 heavy (non-hydrogen) atoms. The highest BCUT2D eigenvalue weighted by Gasteiger charge is 2.32. The summed E-state index contributed by atoms with van der Waals surface area (Å²) in [6, 6.07) is 8.59. The number of halogens is 1. The second-order valence-electron chi connectivity index (χ2n) is 5.79. The van der Waals surface area contributed by atoms with E-state index in [-0.39, 0.29) is 5.54 Å². The Hall–Kier alpha value is -0.420. The van der Waals surface area contributed by atoms with E-state index < -0.39 is 0 Å². The molecule has 2 N–H and O–H groups in total. The summed E-state index contributed by atoms with van der Waals surface area (Å²) in [5.41, 5.74) is 7.51. The molecular weight excluding hydrogens is 302 g/mol. The maximum atomic E-state index is 6.09. The van der Waals surface area contributed by atoms with Crippen molar-refractivity contribution in [2.45, 2.75) is 18.9 Å². The van der Waals surface area contributed by atoms with Crippen LogP contribution < -0.4 is 5.73 Å². The van der Waals surface area contributed by atoms with Crippen LogP contribution in [0.25, 0.3) is 0 Å². The molecule has 0 radical (unpaired) electrons. The van der Waals surface area contributed by atoms with Gasteiger partial charge in [-0.2, -0.15) is 0 Å². The van der Waals surface area contributed by atoms with E-state index in [0.717, 1.165) is 37.1 Å². The summed E-state index contributed by atoms with van der Waals surface area (Å²) in [5, 5.41) is 0. The lowest BCUT2D eigenvalue weighted by atomic mass is 9.90. The number of benzene rings is 1. The first-order chi connectivity index (χ1) is 9.03. The smallest absolute Gasteiger partial charge is 0.0344 e. The first-order valence-electron chi connectivity index (χ1n) is 6.91. The van der Waals surface area contributed by atoms with Crippen LogP contribution in [0.2, 0.25) is 0 Å². The van der Waals surface area contributed by atoms with Gasteiger partial charge in [0, 0.05) is 42.7 Å². The van der Waals surface area contributed by atoms with Crippen molar-refractivity contribution in [3.63, 3.8) is 0 Å². The average Bonchev–Trinajstić information content (AvgIpc) is 2.42. The molecule has 1 fully saturated rings. The quantitative estimate of drug-likeness (QED) is 0.918. The van der Waals surface area contributed by atoms with Gasteiger partial charge in [0.1, 0.15) is 0 Å². The fourth-order valence-corrected chi connectivity index (χ4v) is 2.97. The van der Waals surface area contributed by atoms with Crippen LogP contribution in [0.5, 0.6) is 0 Å². The molecule has 4 heteroatoms. The molecule has 106 valence electrons. The van der Waals surface area contributed by atoms with E-state index in [1.54, 1.807) is 0 Å². The first kappa shape index (κ1) is 15.0. The number of nitrogens with two attached hydrogens (primary N) is 1. The van der Waals surface area contributed by atoms with Gasteiger partial charge in [0.2, 0.25) is 0 Å².